The van der Waals surface area contributed by atoms with Gasteiger partial charge in [0.1, 0.15) is 5.82 Å². The van der Waals surface area contributed by atoms with Gasteiger partial charge in [-0.05, 0) is 12.1 Å². The molecule has 0 saturated carbocycles. The molecule has 1 unspecified atom stereocenters. The summed E-state index contributed by atoms with van der Waals surface area (Å²) in [5.41, 5.74) is -0.0848. The molecule has 0 radical (unpaired) electrons. The van der Waals surface area contributed by atoms with E-state index >= 15 is 0 Å². The molecular formula is C9H9ClFNO2S. The largest absolute Gasteiger partial charge is 0.283 e. The van der Waals surface area contributed by atoms with Gasteiger partial charge in [-0.25, -0.2) is 4.39 Å². The summed E-state index contributed by atoms with van der Waals surface area (Å²) >= 11 is 6.79. The molecule has 1 rings (SSSR count). The van der Waals surface area contributed by atoms with Crippen LogP contribution in [0.5, 0.6) is 0 Å². The zero-order chi connectivity index (χ0) is 11.4. The normalized spacial score (nSPS) is 12.5. The monoisotopic (exact) mass is 249 g/mol. The minimum Gasteiger partial charge on any atom is -0.258 e. The molecule has 0 fully saturated rings. The number of thioether (sulfide) groups is 1. The van der Waals surface area contributed by atoms with Gasteiger partial charge < -0.3 is 0 Å². The Morgan fingerprint density at radius 1 is 1.67 bits per heavy atom. The van der Waals surface area contributed by atoms with Crippen LogP contribution >= 0.6 is 23.4 Å². The maximum absolute atomic E-state index is 12.9. The van der Waals surface area contributed by atoms with E-state index in [1.165, 1.54) is 17.8 Å². The fraction of sp³-hybridized carbons (Fsp3) is 0.333. The molecule has 0 aliphatic rings. The number of halogens is 2. The second-order valence-electron chi connectivity index (χ2n) is 2.95. The molecule has 0 heterocycles. The Balaban J connectivity index is 3.02. The molecule has 1 aromatic rings. The van der Waals surface area contributed by atoms with Crippen molar-refractivity contribution in [1.82, 2.24) is 0 Å². The minimum absolute atomic E-state index is 0.00664. The van der Waals surface area contributed by atoms with Crippen LogP contribution in [0.25, 0.3) is 0 Å². The van der Waals surface area contributed by atoms with E-state index in [4.69, 9.17) is 11.6 Å². The molecule has 1 aromatic carbocycles. The molecule has 0 aliphatic heterocycles. The second-order valence-corrected chi connectivity index (χ2v) is 4.74. The van der Waals surface area contributed by atoms with Crippen molar-refractivity contribution in [2.24, 2.45) is 0 Å². The van der Waals surface area contributed by atoms with E-state index in [1.54, 1.807) is 0 Å². The summed E-state index contributed by atoms with van der Waals surface area (Å²) in [4.78, 5) is 10.4. The molecule has 82 valence electrons. The smallest absolute Gasteiger partial charge is 0.258 e. The van der Waals surface area contributed by atoms with Gasteiger partial charge in [0.05, 0.1) is 9.82 Å². The summed E-state index contributed by atoms with van der Waals surface area (Å²) in [6.07, 6.45) is 0. The Morgan fingerprint density at radius 2 is 2.33 bits per heavy atom. The zero-order valence-corrected chi connectivity index (χ0v) is 9.52. The molecule has 6 heteroatoms. The average Bonchev–Trinajstić information content (AvgIpc) is 2.17. The van der Waals surface area contributed by atoms with Gasteiger partial charge in [-0.1, -0.05) is 6.92 Å². The van der Waals surface area contributed by atoms with E-state index in [0.29, 0.717) is 10.8 Å². The quantitative estimate of drug-likeness (QED) is 0.355. The molecule has 0 spiro atoms. The lowest BCUT2D eigenvalue weighted by atomic mass is 10.3. The number of rotatable bonds is 4. The highest BCUT2D eigenvalue weighted by atomic mass is 35.5. The summed E-state index contributed by atoms with van der Waals surface area (Å²) < 4.78 is 12.9. The van der Waals surface area contributed by atoms with Crippen LogP contribution in [0, 0.1) is 15.9 Å². The predicted octanol–water partition coefficient (Wildman–Crippen LogP) is 3.45. The standard InChI is InChI=1S/C9H9ClFNO2S/c1-6(5-10)15-9-4-7(11)2-3-8(9)12(13)14/h2-4,6H,5H2,1H3. The van der Waals surface area contributed by atoms with Crippen LogP contribution in [0.2, 0.25) is 0 Å². The summed E-state index contributed by atoms with van der Waals surface area (Å²) in [5.74, 6) is -0.122. The lowest BCUT2D eigenvalue weighted by molar-refractivity contribution is -0.387. The van der Waals surface area contributed by atoms with Crippen molar-refractivity contribution in [2.45, 2.75) is 17.1 Å². The van der Waals surface area contributed by atoms with Gasteiger partial charge in [-0.3, -0.25) is 10.1 Å². The first-order chi connectivity index (χ1) is 7.04. The van der Waals surface area contributed by atoms with Crippen molar-refractivity contribution in [3.05, 3.63) is 34.1 Å². The van der Waals surface area contributed by atoms with Crippen molar-refractivity contribution in [3.63, 3.8) is 0 Å². The Morgan fingerprint density at radius 3 is 2.87 bits per heavy atom. The first-order valence-electron chi connectivity index (χ1n) is 4.21. The number of nitro groups is 1. The number of alkyl halides is 1. The van der Waals surface area contributed by atoms with Crippen LogP contribution in [0.4, 0.5) is 10.1 Å². The van der Waals surface area contributed by atoms with E-state index in [9.17, 15) is 14.5 Å². The van der Waals surface area contributed by atoms with Crippen LogP contribution in [-0.4, -0.2) is 16.1 Å². The van der Waals surface area contributed by atoms with Gasteiger partial charge in [0.2, 0.25) is 0 Å². The molecule has 0 saturated heterocycles. The number of nitro benzene ring substituents is 1. The number of benzene rings is 1. The van der Waals surface area contributed by atoms with Crippen LogP contribution < -0.4 is 0 Å². The highest BCUT2D eigenvalue weighted by Gasteiger charge is 2.16. The third-order valence-electron chi connectivity index (χ3n) is 1.66. The van der Waals surface area contributed by atoms with Crippen molar-refractivity contribution in [2.75, 3.05) is 5.88 Å². The maximum Gasteiger partial charge on any atom is 0.283 e. The van der Waals surface area contributed by atoms with E-state index in [2.05, 4.69) is 0 Å². The lowest BCUT2D eigenvalue weighted by Gasteiger charge is -2.07. The molecule has 0 bridgehead atoms. The van der Waals surface area contributed by atoms with Crippen molar-refractivity contribution in [1.29, 1.82) is 0 Å². The first kappa shape index (κ1) is 12.3. The Kier molecular flexibility index (Phi) is 4.35. The summed E-state index contributed by atoms with van der Waals surface area (Å²) in [5, 5.41) is 10.6. The number of hydrogen-bond donors (Lipinski definition) is 0. The van der Waals surface area contributed by atoms with Crippen LogP contribution in [-0.2, 0) is 0 Å². The highest BCUT2D eigenvalue weighted by molar-refractivity contribution is 8.00. The Bertz CT molecular complexity index is 375. The van der Waals surface area contributed by atoms with E-state index < -0.39 is 10.7 Å². The molecule has 0 amide bonds. The van der Waals surface area contributed by atoms with Gasteiger partial charge in [-0.15, -0.1) is 23.4 Å². The molecule has 1 atom stereocenters. The molecule has 0 aliphatic carbocycles. The van der Waals surface area contributed by atoms with Gasteiger partial charge in [0.25, 0.3) is 5.69 Å². The summed E-state index contributed by atoms with van der Waals surface area (Å²) in [6.45, 7) is 1.83. The summed E-state index contributed by atoms with van der Waals surface area (Å²) in [6, 6.07) is 3.40. The SMILES string of the molecule is CC(CCl)Sc1cc(F)ccc1[N+](=O)[O-]. The van der Waals surface area contributed by atoms with Crippen molar-refractivity contribution in [3.8, 4) is 0 Å². The Hall–Kier alpha value is -0.810. The predicted molar refractivity (Wildman–Crippen MR) is 59.1 cm³/mol. The number of nitrogens with zero attached hydrogens (tertiary/aromatic N) is 1. The van der Waals surface area contributed by atoms with E-state index in [-0.39, 0.29) is 10.9 Å². The molecule has 0 aromatic heterocycles. The lowest BCUT2D eigenvalue weighted by Crippen LogP contribution is -1.99. The van der Waals surface area contributed by atoms with Gasteiger partial charge in [-0.2, -0.15) is 0 Å². The van der Waals surface area contributed by atoms with Crippen molar-refractivity contribution < 1.29 is 9.31 Å². The van der Waals surface area contributed by atoms with E-state index in [0.717, 1.165) is 12.1 Å². The van der Waals surface area contributed by atoms with Gasteiger partial charge >= 0.3 is 0 Å². The van der Waals surface area contributed by atoms with Crippen LogP contribution in [0.1, 0.15) is 6.92 Å². The average molecular weight is 250 g/mol. The second kappa shape index (κ2) is 5.32. The van der Waals surface area contributed by atoms with Gasteiger partial charge in [0, 0.05) is 17.2 Å². The van der Waals surface area contributed by atoms with Crippen LogP contribution in [0.15, 0.2) is 23.1 Å². The third kappa shape index (κ3) is 3.35. The molecular weight excluding hydrogens is 241 g/mol. The fourth-order valence-corrected chi connectivity index (χ4v) is 2.11. The van der Waals surface area contributed by atoms with Crippen LogP contribution in [0.3, 0.4) is 0 Å². The van der Waals surface area contributed by atoms with E-state index in [1.807, 2.05) is 6.92 Å². The first-order valence-corrected chi connectivity index (χ1v) is 5.62. The summed E-state index contributed by atoms with van der Waals surface area (Å²) in [7, 11) is 0. The highest BCUT2D eigenvalue weighted by Crippen LogP contribution is 2.32. The van der Waals surface area contributed by atoms with Gasteiger partial charge in [0.15, 0.2) is 0 Å². The Labute approximate surface area is 95.8 Å². The molecule has 3 nitrogen and oxygen atoms in total. The zero-order valence-electron chi connectivity index (χ0n) is 7.94. The minimum atomic E-state index is -0.525. The molecule has 15 heavy (non-hydrogen) atoms. The fourth-order valence-electron chi connectivity index (χ4n) is 0.981. The topological polar surface area (TPSA) is 43.1 Å². The maximum atomic E-state index is 12.9. The third-order valence-corrected chi connectivity index (χ3v) is 3.46. The number of hydrogen-bond acceptors (Lipinski definition) is 3. The molecule has 0 N–H and O–H groups in total. The van der Waals surface area contributed by atoms with Crippen molar-refractivity contribution >= 4 is 29.1 Å².